The second-order valence-electron chi connectivity index (χ2n) is 7.68. The van der Waals surface area contributed by atoms with Gasteiger partial charge in [-0.1, -0.05) is 26.0 Å². The summed E-state index contributed by atoms with van der Waals surface area (Å²) in [5.41, 5.74) is 3.42. The fourth-order valence-electron chi connectivity index (χ4n) is 3.62. The van der Waals surface area contributed by atoms with Crippen molar-refractivity contribution < 1.29 is 4.79 Å². The topological polar surface area (TPSA) is 111 Å². The summed E-state index contributed by atoms with van der Waals surface area (Å²) in [6, 6.07) is 18.5. The van der Waals surface area contributed by atoms with E-state index >= 15 is 0 Å². The van der Waals surface area contributed by atoms with Crippen LogP contribution in [0.1, 0.15) is 29.8 Å². The molecule has 9 heteroatoms. The molecule has 2 heterocycles. The minimum Gasteiger partial charge on any atom is -0.351 e. The number of rotatable bonds is 9. The molecule has 2 N–H and O–H groups in total. The molecule has 0 unspecified atom stereocenters. The third-order valence-electron chi connectivity index (χ3n) is 5.57. The van der Waals surface area contributed by atoms with Gasteiger partial charge in [0, 0.05) is 36.0 Å². The van der Waals surface area contributed by atoms with Crippen LogP contribution in [0.5, 0.6) is 0 Å². The summed E-state index contributed by atoms with van der Waals surface area (Å²) >= 11 is 0. The van der Waals surface area contributed by atoms with Gasteiger partial charge in [0.2, 0.25) is 0 Å². The van der Waals surface area contributed by atoms with Crippen LogP contribution in [-0.2, 0) is 0 Å². The molecule has 2 aromatic carbocycles. The van der Waals surface area contributed by atoms with E-state index in [0.29, 0.717) is 35.0 Å². The Hall–Kier alpha value is -4.29. The maximum absolute atomic E-state index is 12.5. The zero-order valence-electron chi connectivity index (χ0n) is 19.2. The molecule has 4 rings (SSSR count). The number of fused-ring (bicyclic) bond motifs is 1. The van der Waals surface area contributed by atoms with Gasteiger partial charge in [0.1, 0.15) is 12.1 Å². The molecule has 0 radical (unpaired) electrons. The van der Waals surface area contributed by atoms with Crippen LogP contribution < -0.4 is 10.6 Å². The maximum atomic E-state index is 12.5. The Labute approximate surface area is 198 Å². The summed E-state index contributed by atoms with van der Waals surface area (Å²) in [4.78, 5) is 23.5. The fraction of sp³-hybridized carbons (Fsp3) is 0.240. The summed E-state index contributed by atoms with van der Waals surface area (Å²) in [6.45, 7) is 7.59. The molecule has 34 heavy (non-hydrogen) atoms. The highest BCUT2D eigenvalue weighted by molar-refractivity contribution is 5.94. The lowest BCUT2D eigenvalue weighted by Gasteiger charge is -2.18. The molecule has 172 valence electrons. The molecule has 0 saturated heterocycles. The Kier molecular flexibility index (Phi) is 7.10. The van der Waals surface area contributed by atoms with Crippen molar-refractivity contribution in [2.24, 2.45) is 0 Å². The average Bonchev–Trinajstić information content (AvgIpc) is 3.36. The first-order valence-electron chi connectivity index (χ1n) is 11.2. The third kappa shape index (κ3) is 5.19. The molecule has 0 aliphatic carbocycles. The predicted molar refractivity (Wildman–Crippen MR) is 131 cm³/mol. The Balaban J connectivity index is 1.51. The van der Waals surface area contributed by atoms with Crippen molar-refractivity contribution in [2.45, 2.75) is 13.8 Å². The number of hydrogen-bond acceptors (Lipinski definition) is 7. The van der Waals surface area contributed by atoms with Gasteiger partial charge in [-0.15, -0.1) is 0 Å². The van der Waals surface area contributed by atoms with Gasteiger partial charge < -0.3 is 15.5 Å². The number of anilines is 2. The summed E-state index contributed by atoms with van der Waals surface area (Å²) in [5, 5.41) is 19.8. The van der Waals surface area contributed by atoms with Crippen LogP contribution in [0.3, 0.4) is 0 Å². The second kappa shape index (κ2) is 10.6. The van der Waals surface area contributed by atoms with Crippen molar-refractivity contribution in [1.29, 1.82) is 5.26 Å². The Morgan fingerprint density at radius 3 is 2.65 bits per heavy atom. The molecule has 0 fully saturated rings. The van der Waals surface area contributed by atoms with Crippen LogP contribution in [0, 0.1) is 11.3 Å². The first-order chi connectivity index (χ1) is 16.6. The van der Waals surface area contributed by atoms with E-state index in [2.05, 4.69) is 50.5 Å². The number of benzene rings is 2. The van der Waals surface area contributed by atoms with Gasteiger partial charge in [0.15, 0.2) is 0 Å². The van der Waals surface area contributed by atoms with Crippen molar-refractivity contribution in [3.05, 3.63) is 72.1 Å². The highest BCUT2D eigenvalue weighted by Crippen LogP contribution is 2.24. The van der Waals surface area contributed by atoms with Crippen molar-refractivity contribution in [1.82, 2.24) is 29.8 Å². The Bertz CT molecular complexity index is 1320. The summed E-state index contributed by atoms with van der Waals surface area (Å²) < 4.78 is 1.60. The molecule has 2 aromatic heterocycles. The zero-order valence-corrected chi connectivity index (χ0v) is 19.2. The zero-order chi connectivity index (χ0) is 23.9. The van der Waals surface area contributed by atoms with Crippen molar-refractivity contribution in [3.8, 4) is 17.3 Å². The normalized spacial score (nSPS) is 10.9. The smallest absolute Gasteiger partial charge is 0.254 e. The van der Waals surface area contributed by atoms with Crippen LogP contribution in [-0.4, -0.2) is 56.6 Å². The van der Waals surface area contributed by atoms with Crippen molar-refractivity contribution in [3.63, 3.8) is 0 Å². The number of carbonyl (C=O) groups is 1. The number of nitrogens with one attached hydrogen (secondary N) is 2. The number of aromatic nitrogens is 4. The van der Waals surface area contributed by atoms with E-state index in [1.165, 1.54) is 6.33 Å². The molecular weight excluding hydrogens is 428 g/mol. The molecule has 0 bridgehead atoms. The molecule has 9 nitrogen and oxygen atoms in total. The van der Waals surface area contributed by atoms with Crippen LogP contribution in [0.4, 0.5) is 11.5 Å². The predicted octanol–water partition coefficient (Wildman–Crippen LogP) is 3.48. The Morgan fingerprint density at radius 2 is 1.91 bits per heavy atom. The molecule has 0 aliphatic heterocycles. The van der Waals surface area contributed by atoms with E-state index < -0.39 is 0 Å². The first kappa shape index (κ1) is 22.9. The lowest BCUT2D eigenvalue weighted by atomic mass is 10.1. The van der Waals surface area contributed by atoms with E-state index in [0.717, 1.165) is 30.9 Å². The van der Waals surface area contributed by atoms with Crippen LogP contribution in [0.25, 0.3) is 17.0 Å². The average molecular weight is 455 g/mol. The summed E-state index contributed by atoms with van der Waals surface area (Å²) in [6.07, 6.45) is 1.44. The number of nitrogens with zero attached hydrogens (tertiary/aromatic N) is 6. The van der Waals surface area contributed by atoms with Gasteiger partial charge in [-0.25, -0.2) is 4.98 Å². The first-order valence-corrected chi connectivity index (χ1v) is 11.2. The van der Waals surface area contributed by atoms with E-state index in [1.54, 1.807) is 28.8 Å². The summed E-state index contributed by atoms with van der Waals surface area (Å²) in [7, 11) is 0. The molecular formula is C25H26N8O. The SMILES string of the molecule is CCN(CC)CCNC(=O)c1ccc(Nc2cc(-c3cccc(C#N)c3)nc3ncnn23)cc1. The molecule has 0 aliphatic rings. The number of likely N-dealkylation sites (N-methyl/N-ethyl adjacent to an activating group) is 1. The van der Waals surface area contributed by atoms with Gasteiger partial charge in [0.05, 0.1) is 17.3 Å². The summed E-state index contributed by atoms with van der Waals surface area (Å²) in [5.74, 6) is 1.00. The standard InChI is InChI=1S/C25H26N8O/c1-3-32(4-2)13-12-27-24(34)19-8-10-21(11-9-19)30-23-15-22(31-25-28-17-29-33(23)25)20-7-5-6-18(14-20)16-26/h5-11,14-15,17,30H,3-4,12-13H2,1-2H3,(H,27,34). The molecule has 0 saturated carbocycles. The van der Waals surface area contributed by atoms with E-state index in [1.807, 2.05) is 30.3 Å². The highest BCUT2D eigenvalue weighted by Gasteiger charge is 2.11. The van der Waals surface area contributed by atoms with Crippen molar-refractivity contribution in [2.75, 3.05) is 31.5 Å². The third-order valence-corrected chi connectivity index (χ3v) is 5.57. The fourth-order valence-corrected chi connectivity index (χ4v) is 3.62. The quantitative estimate of drug-likeness (QED) is 0.398. The largest absolute Gasteiger partial charge is 0.351 e. The number of hydrogen-bond donors (Lipinski definition) is 2. The second-order valence-corrected chi connectivity index (χ2v) is 7.68. The maximum Gasteiger partial charge on any atom is 0.254 e. The minimum atomic E-state index is -0.0963. The van der Waals surface area contributed by atoms with Gasteiger partial charge in [-0.2, -0.15) is 19.9 Å². The minimum absolute atomic E-state index is 0.0963. The van der Waals surface area contributed by atoms with Gasteiger partial charge in [0.25, 0.3) is 11.7 Å². The Morgan fingerprint density at radius 1 is 1.12 bits per heavy atom. The van der Waals surface area contributed by atoms with Gasteiger partial charge in [-0.3, -0.25) is 4.79 Å². The lowest BCUT2D eigenvalue weighted by Crippen LogP contribution is -2.34. The van der Waals surface area contributed by atoms with Crippen LogP contribution in [0.2, 0.25) is 0 Å². The van der Waals surface area contributed by atoms with Crippen LogP contribution >= 0.6 is 0 Å². The van der Waals surface area contributed by atoms with Gasteiger partial charge >= 0.3 is 0 Å². The molecule has 0 atom stereocenters. The van der Waals surface area contributed by atoms with Crippen molar-refractivity contribution >= 4 is 23.2 Å². The molecule has 4 aromatic rings. The highest BCUT2D eigenvalue weighted by atomic mass is 16.1. The molecule has 0 spiro atoms. The van der Waals surface area contributed by atoms with E-state index in [4.69, 9.17) is 0 Å². The van der Waals surface area contributed by atoms with Gasteiger partial charge in [-0.05, 0) is 49.5 Å². The van der Waals surface area contributed by atoms with E-state index in [-0.39, 0.29) is 5.91 Å². The van der Waals surface area contributed by atoms with Crippen LogP contribution in [0.15, 0.2) is 60.9 Å². The number of carbonyl (C=O) groups excluding carboxylic acids is 1. The lowest BCUT2D eigenvalue weighted by molar-refractivity contribution is 0.0949. The molecule has 1 amide bonds. The number of amides is 1. The van der Waals surface area contributed by atoms with E-state index in [9.17, 15) is 10.1 Å². The monoisotopic (exact) mass is 454 g/mol. The number of nitriles is 1.